The van der Waals surface area contributed by atoms with Gasteiger partial charge >= 0.3 is 12.3 Å². The van der Waals surface area contributed by atoms with Crippen LogP contribution in [0.4, 0.5) is 17.6 Å². The number of rotatable bonds is 4. The van der Waals surface area contributed by atoms with E-state index >= 15 is 0 Å². The fourth-order valence-corrected chi connectivity index (χ4v) is 2.24. The van der Waals surface area contributed by atoms with E-state index in [1.54, 1.807) is 0 Å². The van der Waals surface area contributed by atoms with Gasteiger partial charge in [0.2, 0.25) is 0 Å². The van der Waals surface area contributed by atoms with Gasteiger partial charge in [-0.1, -0.05) is 11.6 Å². The Bertz CT molecular complexity index is 499. The van der Waals surface area contributed by atoms with Gasteiger partial charge in [-0.25, -0.2) is 8.78 Å². The van der Waals surface area contributed by atoms with Crippen LogP contribution in [0.5, 0.6) is 11.5 Å². The van der Waals surface area contributed by atoms with Gasteiger partial charge < -0.3 is 14.8 Å². The SMILES string of the molecule is CNC(c1cc2c(cc1Cl)OCCO2)C(F)(F)C(F)F. The zero-order valence-corrected chi connectivity index (χ0v) is 11.2. The molecule has 20 heavy (non-hydrogen) atoms. The van der Waals surface area contributed by atoms with Gasteiger partial charge in [-0.3, -0.25) is 0 Å². The van der Waals surface area contributed by atoms with E-state index in [-0.39, 0.29) is 22.9 Å². The molecule has 1 aliphatic heterocycles. The van der Waals surface area contributed by atoms with Gasteiger partial charge in [-0.05, 0) is 18.7 Å². The monoisotopic (exact) mass is 313 g/mol. The van der Waals surface area contributed by atoms with Crippen molar-refractivity contribution < 1.29 is 27.0 Å². The minimum absolute atomic E-state index is 0.0890. The second kappa shape index (κ2) is 5.65. The summed E-state index contributed by atoms with van der Waals surface area (Å²) in [5.74, 6) is -3.75. The van der Waals surface area contributed by atoms with E-state index in [2.05, 4.69) is 5.32 Å². The molecule has 0 amide bonds. The third-order valence-electron chi connectivity index (χ3n) is 2.94. The molecule has 8 heteroatoms. The Morgan fingerprint density at radius 2 is 1.75 bits per heavy atom. The molecule has 0 saturated carbocycles. The van der Waals surface area contributed by atoms with Crippen molar-refractivity contribution in [2.24, 2.45) is 0 Å². The van der Waals surface area contributed by atoms with Crippen LogP contribution < -0.4 is 14.8 Å². The summed E-state index contributed by atoms with van der Waals surface area (Å²) in [5.41, 5.74) is -0.163. The number of fused-ring (bicyclic) bond motifs is 1. The Kier molecular flexibility index (Phi) is 4.29. The number of halogens is 5. The van der Waals surface area contributed by atoms with Gasteiger partial charge in [0.1, 0.15) is 19.3 Å². The number of alkyl halides is 4. The van der Waals surface area contributed by atoms with Crippen LogP contribution in [0.15, 0.2) is 12.1 Å². The fraction of sp³-hybridized carbons (Fsp3) is 0.500. The third kappa shape index (κ3) is 2.64. The van der Waals surface area contributed by atoms with E-state index in [0.29, 0.717) is 12.4 Å². The summed E-state index contributed by atoms with van der Waals surface area (Å²) in [6.07, 6.45) is -3.82. The van der Waals surface area contributed by atoms with Crippen molar-refractivity contribution in [1.82, 2.24) is 5.32 Å². The maximum Gasteiger partial charge on any atom is 0.326 e. The van der Waals surface area contributed by atoms with E-state index in [1.807, 2.05) is 0 Å². The molecule has 3 nitrogen and oxygen atoms in total. The summed E-state index contributed by atoms with van der Waals surface area (Å²) in [6.45, 7) is 0.564. The molecular formula is C12H12ClF4NO2. The van der Waals surface area contributed by atoms with Crippen LogP contribution in [-0.4, -0.2) is 32.6 Å². The van der Waals surface area contributed by atoms with Crippen molar-refractivity contribution in [3.63, 3.8) is 0 Å². The predicted molar refractivity (Wildman–Crippen MR) is 65.2 cm³/mol. The molecule has 1 N–H and O–H groups in total. The minimum atomic E-state index is -4.26. The highest BCUT2D eigenvalue weighted by Gasteiger charge is 2.49. The van der Waals surface area contributed by atoms with Crippen LogP contribution in [0.1, 0.15) is 11.6 Å². The highest BCUT2D eigenvalue weighted by atomic mass is 35.5. The molecule has 1 atom stereocenters. The molecule has 1 aromatic rings. The second-order valence-electron chi connectivity index (χ2n) is 4.21. The molecule has 0 radical (unpaired) electrons. The lowest BCUT2D eigenvalue weighted by atomic mass is 10.00. The summed E-state index contributed by atoms with van der Waals surface area (Å²) in [4.78, 5) is 0. The Hall–Kier alpha value is -1.21. The molecule has 0 aromatic heterocycles. The van der Waals surface area contributed by atoms with Crippen LogP contribution >= 0.6 is 11.6 Å². The molecule has 0 fully saturated rings. The quantitative estimate of drug-likeness (QED) is 0.865. The Morgan fingerprint density at radius 3 is 2.25 bits per heavy atom. The van der Waals surface area contributed by atoms with E-state index in [1.165, 1.54) is 12.1 Å². The maximum absolute atomic E-state index is 13.6. The van der Waals surface area contributed by atoms with E-state index in [9.17, 15) is 17.6 Å². The van der Waals surface area contributed by atoms with Gasteiger partial charge in [0.05, 0.1) is 0 Å². The molecule has 0 saturated heterocycles. The van der Waals surface area contributed by atoms with E-state index < -0.39 is 18.4 Å². The largest absolute Gasteiger partial charge is 0.486 e. The molecule has 1 heterocycles. The van der Waals surface area contributed by atoms with Gasteiger partial charge in [0.15, 0.2) is 11.5 Å². The van der Waals surface area contributed by atoms with Crippen molar-refractivity contribution in [2.75, 3.05) is 20.3 Å². The normalized spacial score (nSPS) is 16.4. The summed E-state index contributed by atoms with van der Waals surface area (Å²) < 4.78 is 62.6. The Morgan fingerprint density at radius 1 is 1.20 bits per heavy atom. The summed E-state index contributed by atoms with van der Waals surface area (Å²) in [7, 11) is 1.16. The van der Waals surface area contributed by atoms with Crippen molar-refractivity contribution in [3.8, 4) is 11.5 Å². The zero-order chi connectivity index (χ0) is 14.9. The topological polar surface area (TPSA) is 30.5 Å². The summed E-state index contributed by atoms with van der Waals surface area (Å²) >= 11 is 5.89. The van der Waals surface area contributed by atoms with Gasteiger partial charge in [-0.15, -0.1) is 0 Å². The van der Waals surface area contributed by atoms with Crippen LogP contribution in [0, 0.1) is 0 Å². The molecule has 0 bridgehead atoms. The first-order valence-corrected chi connectivity index (χ1v) is 6.18. The number of ether oxygens (including phenoxy) is 2. The average molecular weight is 314 g/mol. The van der Waals surface area contributed by atoms with Crippen molar-refractivity contribution in [1.29, 1.82) is 0 Å². The third-order valence-corrected chi connectivity index (χ3v) is 3.26. The average Bonchev–Trinajstić information content (AvgIpc) is 2.39. The lowest BCUT2D eigenvalue weighted by molar-refractivity contribution is -0.150. The van der Waals surface area contributed by atoms with Gasteiger partial charge in [0, 0.05) is 11.1 Å². The van der Waals surface area contributed by atoms with Crippen LogP contribution in [0.3, 0.4) is 0 Å². The molecule has 1 aliphatic rings. The maximum atomic E-state index is 13.6. The summed E-state index contributed by atoms with van der Waals surface area (Å²) in [5, 5.41) is 2.09. The first-order valence-electron chi connectivity index (χ1n) is 5.80. The molecule has 2 rings (SSSR count). The highest BCUT2D eigenvalue weighted by molar-refractivity contribution is 6.31. The molecule has 112 valence electrons. The van der Waals surface area contributed by atoms with Gasteiger partial charge in [-0.2, -0.15) is 8.78 Å². The fourth-order valence-electron chi connectivity index (χ4n) is 1.98. The Labute approximate surface area is 117 Å². The molecule has 1 aromatic carbocycles. The highest BCUT2D eigenvalue weighted by Crippen LogP contribution is 2.43. The minimum Gasteiger partial charge on any atom is -0.486 e. The summed E-state index contributed by atoms with van der Waals surface area (Å²) in [6, 6.07) is 0.566. The zero-order valence-electron chi connectivity index (χ0n) is 10.4. The first kappa shape index (κ1) is 15.2. The lowest BCUT2D eigenvalue weighted by Gasteiger charge is -2.28. The number of hydrogen-bond acceptors (Lipinski definition) is 3. The van der Waals surface area contributed by atoms with Crippen molar-refractivity contribution >= 4 is 11.6 Å². The van der Waals surface area contributed by atoms with Crippen molar-refractivity contribution in [2.45, 2.75) is 18.4 Å². The van der Waals surface area contributed by atoms with Crippen LogP contribution in [0.2, 0.25) is 5.02 Å². The van der Waals surface area contributed by atoms with Crippen LogP contribution in [-0.2, 0) is 0 Å². The number of nitrogens with one attached hydrogen (secondary N) is 1. The van der Waals surface area contributed by atoms with E-state index in [4.69, 9.17) is 21.1 Å². The van der Waals surface area contributed by atoms with Gasteiger partial charge in [0.25, 0.3) is 0 Å². The smallest absolute Gasteiger partial charge is 0.326 e. The standard InChI is InChI=1S/C12H12ClF4NO2/c1-18-10(12(16,17)11(14)15)6-4-8-9(5-7(6)13)20-3-2-19-8/h4-5,10-11,18H,2-3H2,1H3. The molecular weight excluding hydrogens is 302 g/mol. The molecule has 0 aliphatic carbocycles. The second-order valence-corrected chi connectivity index (χ2v) is 4.62. The lowest BCUT2D eigenvalue weighted by Crippen LogP contribution is -2.41. The molecule has 0 spiro atoms. The predicted octanol–water partition coefficient (Wildman–Crippen LogP) is 3.27. The van der Waals surface area contributed by atoms with Crippen molar-refractivity contribution in [3.05, 3.63) is 22.7 Å². The molecule has 1 unspecified atom stereocenters. The Balaban J connectivity index is 2.44. The van der Waals surface area contributed by atoms with E-state index in [0.717, 1.165) is 7.05 Å². The van der Waals surface area contributed by atoms with Crippen LogP contribution in [0.25, 0.3) is 0 Å². The first-order chi connectivity index (χ1) is 9.37. The number of benzene rings is 1. The number of hydrogen-bond donors (Lipinski definition) is 1.